The van der Waals surface area contributed by atoms with Gasteiger partial charge in [-0.25, -0.2) is 0 Å². The molecule has 2 rings (SSSR count). The summed E-state index contributed by atoms with van der Waals surface area (Å²) >= 11 is 0. The Kier molecular flexibility index (Phi) is 1.99. The molecule has 0 aromatic rings. The first-order chi connectivity index (χ1) is 6.71. The quantitative estimate of drug-likeness (QED) is 0.645. The van der Waals surface area contributed by atoms with Gasteiger partial charge in [-0.05, 0) is 34.1 Å². The predicted octanol–water partition coefficient (Wildman–Crippen LogP) is 0.742. The number of fused-ring (bicyclic) bond motifs is 1. The molecule has 1 amide bonds. The molecule has 0 radical (unpaired) electrons. The van der Waals surface area contributed by atoms with Gasteiger partial charge in [0, 0.05) is 5.54 Å². The average molecular weight is 213 g/mol. The van der Waals surface area contributed by atoms with Crippen LogP contribution in [0, 0.1) is 5.41 Å². The Morgan fingerprint density at radius 2 is 2.07 bits per heavy atom. The lowest BCUT2D eigenvalue weighted by Gasteiger charge is -2.33. The van der Waals surface area contributed by atoms with E-state index in [0.717, 1.165) is 0 Å². The molecule has 2 saturated heterocycles. The highest BCUT2D eigenvalue weighted by atomic mass is 16.6. The molecular formula is C11H19NO3. The van der Waals surface area contributed by atoms with Crippen LogP contribution in [-0.2, 0) is 9.53 Å². The zero-order chi connectivity index (χ0) is 11.5. The lowest BCUT2D eigenvalue weighted by molar-refractivity contribution is -0.201. The summed E-state index contributed by atoms with van der Waals surface area (Å²) in [6.45, 7) is 8.46. The van der Waals surface area contributed by atoms with Gasteiger partial charge in [0.2, 0.25) is 5.91 Å². The van der Waals surface area contributed by atoms with E-state index in [1.165, 1.54) is 0 Å². The van der Waals surface area contributed by atoms with Crippen molar-refractivity contribution in [2.45, 2.75) is 45.4 Å². The van der Waals surface area contributed by atoms with E-state index in [0.29, 0.717) is 13.0 Å². The van der Waals surface area contributed by atoms with E-state index in [9.17, 15) is 9.90 Å². The third-order valence-electron chi connectivity index (χ3n) is 3.70. The number of hydrogen-bond donors (Lipinski definition) is 1. The fourth-order valence-corrected chi connectivity index (χ4v) is 2.40. The second kappa shape index (κ2) is 2.74. The summed E-state index contributed by atoms with van der Waals surface area (Å²) in [5.74, 6) is -1.27. The number of ether oxygens (including phenoxy) is 1. The van der Waals surface area contributed by atoms with Gasteiger partial charge in [-0.15, -0.1) is 0 Å². The molecule has 0 aliphatic carbocycles. The first-order valence-corrected chi connectivity index (χ1v) is 5.39. The van der Waals surface area contributed by atoms with Gasteiger partial charge in [-0.1, -0.05) is 0 Å². The minimum atomic E-state index is -1.28. The lowest BCUT2D eigenvalue weighted by Crippen LogP contribution is -2.45. The van der Waals surface area contributed by atoms with E-state index in [1.807, 2.05) is 20.8 Å². The Bertz CT molecular complexity index is 309. The van der Waals surface area contributed by atoms with E-state index in [1.54, 1.807) is 11.8 Å². The van der Waals surface area contributed by atoms with Crippen molar-refractivity contribution in [1.82, 2.24) is 4.90 Å². The molecule has 4 heteroatoms. The van der Waals surface area contributed by atoms with Crippen LogP contribution >= 0.6 is 0 Å². The summed E-state index contributed by atoms with van der Waals surface area (Å²) in [6, 6.07) is 0. The number of β-amino-alcohol motifs (C(OH)–C–C–N with tert-alkyl or cyclic N) is 1. The van der Waals surface area contributed by atoms with Crippen LogP contribution < -0.4 is 0 Å². The second-order valence-electron chi connectivity index (χ2n) is 5.78. The van der Waals surface area contributed by atoms with E-state index < -0.39 is 11.2 Å². The number of carbonyl (C=O) groups is 1. The molecule has 0 bridgehead atoms. The summed E-state index contributed by atoms with van der Waals surface area (Å²) in [7, 11) is 0. The number of rotatable bonds is 0. The molecule has 0 unspecified atom stereocenters. The maximum absolute atomic E-state index is 12.2. The minimum absolute atomic E-state index is 0.00926. The molecule has 2 fully saturated rings. The van der Waals surface area contributed by atoms with Gasteiger partial charge in [-0.3, -0.25) is 4.79 Å². The highest BCUT2D eigenvalue weighted by Crippen LogP contribution is 2.50. The normalized spacial score (nSPS) is 41.1. The Morgan fingerprint density at radius 1 is 1.47 bits per heavy atom. The van der Waals surface area contributed by atoms with Crippen LogP contribution in [0.25, 0.3) is 0 Å². The van der Waals surface area contributed by atoms with E-state index in [4.69, 9.17) is 4.74 Å². The van der Waals surface area contributed by atoms with Gasteiger partial charge >= 0.3 is 0 Å². The SMILES string of the molecule is CC(C)(C)N1C[C@@]2(O)OCC[C@@]2(C)C1=O. The van der Waals surface area contributed by atoms with E-state index in [2.05, 4.69) is 0 Å². The number of nitrogens with zero attached hydrogens (tertiary/aromatic N) is 1. The van der Waals surface area contributed by atoms with Crippen molar-refractivity contribution in [3.8, 4) is 0 Å². The molecule has 4 nitrogen and oxygen atoms in total. The van der Waals surface area contributed by atoms with Crippen molar-refractivity contribution in [1.29, 1.82) is 0 Å². The first-order valence-electron chi connectivity index (χ1n) is 5.39. The Labute approximate surface area is 90.2 Å². The summed E-state index contributed by atoms with van der Waals surface area (Å²) in [6.07, 6.45) is 0.606. The van der Waals surface area contributed by atoms with E-state index in [-0.39, 0.29) is 18.0 Å². The van der Waals surface area contributed by atoms with E-state index >= 15 is 0 Å². The summed E-state index contributed by atoms with van der Waals surface area (Å²) in [4.78, 5) is 14.0. The first kappa shape index (κ1) is 10.9. The fourth-order valence-electron chi connectivity index (χ4n) is 2.40. The second-order valence-corrected chi connectivity index (χ2v) is 5.78. The minimum Gasteiger partial charge on any atom is -0.363 e. The van der Waals surface area contributed by atoms with Crippen molar-refractivity contribution in [3.05, 3.63) is 0 Å². The number of amides is 1. The summed E-state index contributed by atoms with van der Waals surface area (Å²) in [5, 5.41) is 10.3. The maximum Gasteiger partial charge on any atom is 0.234 e. The number of aliphatic hydroxyl groups is 1. The average Bonchev–Trinajstić information content (AvgIpc) is 2.46. The Balaban J connectivity index is 2.37. The van der Waals surface area contributed by atoms with Crippen molar-refractivity contribution in [3.63, 3.8) is 0 Å². The smallest absolute Gasteiger partial charge is 0.234 e. The standard InChI is InChI=1S/C11H19NO3/c1-9(2,3)12-7-11(14)10(4,8(12)13)5-6-15-11/h14H,5-7H2,1-4H3/t10-,11+/m0/s1. The fraction of sp³-hybridized carbons (Fsp3) is 0.909. The molecule has 15 heavy (non-hydrogen) atoms. The highest BCUT2D eigenvalue weighted by molar-refractivity contribution is 5.87. The summed E-state index contributed by atoms with van der Waals surface area (Å²) < 4.78 is 5.36. The molecule has 2 heterocycles. The van der Waals surface area contributed by atoms with Gasteiger partial charge in [0.15, 0.2) is 5.79 Å². The van der Waals surface area contributed by atoms with Crippen LogP contribution in [0.3, 0.4) is 0 Å². The van der Waals surface area contributed by atoms with Gasteiger partial charge in [-0.2, -0.15) is 0 Å². The monoisotopic (exact) mass is 213 g/mol. The van der Waals surface area contributed by atoms with Crippen LogP contribution in [-0.4, -0.2) is 40.4 Å². The van der Waals surface area contributed by atoms with Crippen LogP contribution in [0.2, 0.25) is 0 Å². The maximum atomic E-state index is 12.2. The van der Waals surface area contributed by atoms with Crippen molar-refractivity contribution in [2.75, 3.05) is 13.2 Å². The largest absolute Gasteiger partial charge is 0.363 e. The topological polar surface area (TPSA) is 49.8 Å². The van der Waals surface area contributed by atoms with Crippen LogP contribution in [0.4, 0.5) is 0 Å². The van der Waals surface area contributed by atoms with Gasteiger partial charge in [0.25, 0.3) is 0 Å². The van der Waals surface area contributed by atoms with Crippen LogP contribution in [0.5, 0.6) is 0 Å². The zero-order valence-electron chi connectivity index (χ0n) is 9.83. The molecule has 0 spiro atoms. The molecule has 0 aromatic carbocycles. The predicted molar refractivity (Wildman–Crippen MR) is 55.1 cm³/mol. The summed E-state index contributed by atoms with van der Waals surface area (Å²) in [5.41, 5.74) is -1.01. The number of carbonyl (C=O) groups excluding carboxylic acids is 1. The zero-order valence-corrected chi connectivity index (χ0v) is 9.83. The number of likely N-dealkylation sites (tertiary alicyclic amines) is 1. The van der Waals surface area contributed by atoms with Gasteiger partial charge in [0.05, 0.1) is 13.2 Å². The van der Waals surface area contributed by atoms with Crippen molar-refractivity contribution < 1.29 is 14.6 Å². The van der Waals surface area contributed by atoms with Gasteiger partial charge < -0.3 is 14.7 Å². The Hall–Kier alpha value is -0.610. The molecule has 2 atom stereocenters. The third-order valence-corrected chi connectivity index (χ3v) is 3.70. The number of hydrogen-bond acceptors (Lipinski definition) is 3. The van der Waals surface area contributed by atoms with Gasteiger partial charge in [0.1, 0.15) is 5.41 Å². The lowest BCUT2D eigenvalue weighted by atomic mass is 9.82. The molecule has 86 valence electrons. The van der Waals surface area contributed by atoms with Crippen molar-refractivity contribution >= 4 is 5.91 Å². The van der Waals surface area contributed by atoms with Crippen LogP contribution in [0.15, 0.2) is 0 Å². The van der Waals surface area contributed by atoms with Crippen molar-refractivity contribution in [2.24, 2.45) is 5.41 Å². The molecule has 1 N–H and O–H groups in total. The Morgan fingerprint density at radius 3 is 2.53 bits per heavy atom. The molecule has 2 aliphatic rings. The molecule has 0 aromatic heterocycles. The third kappa shape index (κ3) is 1.24. The molecule has 2 aliphatic heterocycles. The molecule has 0 saturated carbocycles. The molecular weight excluding hydrogens is 194 g/mol. The van der Waals surface area contributed by atoms with Crippen LogP contribution in [0.1, 0.15) is 34.1 Å². The highest BCUT2D eigenvalue weighted by Gasteiger charge is 2.65.